The van der Waals surface area contributed by atoms with E-state index in [0.717, 1.165) is 13.8 Å². The first-order valence-electron chi connectivity index (χ1n) is 4.95. The van der Waals surface area contributed by atoms with E-state index < -0.39 is 0 Å². The average Bonchev–Trinajstić information content (AvgIpc) is 2.63. The number of benzene rings is 1. The Kier molecular flexibility index (Phi) is 4.16. The highest BCUT2D eigenvalue weighted by atomic mass is 79.9. The van der Waals surface area contributed by atoms with Gasteiger partial charge >= 0.3 is 0 Å². The van der Waals surface area contributed by atoms with Gasteiger partial charge in [0.15, 0.2) is 0 Å². The molecule has 2 rings (SSSR count). The molecule has 1 aromatic carbocycles. The molecule has 0 radical (unpaired) electrons. The number of rotatable bonds is 2. The molecule has 94 valence electrons. The summed E-state index contributed by atoms with van der Waals surface area (Å²) in [5.74, 6) is -0.0712. The highest BCUT2D eigenvalue weighted by molar-refractivity contribution is 9.11. The topological polar surface area (TPSA) is 43.1 Å². The first-order chi connectivity index (χ1) is 8.40. The molecule has 0 fully saturated rings. The van der Waals surface area contributed by atoms with Crippen LogP contribution in [0.1, 0.15) is 20.8 Å². The fourth-order valence-corrected chi connectivity index (χ4v) is 3.66. The summed E-state index contributed by atoms with van der Waals surface area (Å²) in [6, 6.07) is 5.22. The molecule has 0 bridgehead atoms. The second kappa shape index (κ2) is 5.33. The number of halogens is 3. The lowest BCUT2D eigenvalue weighted by atomic mass is 10.0. The highest BCUT2D eigenvalue weighted by Crippen LogP contribution is 2.34. The van der Waals surface area contributed by atoms with Gasteiger partial charge in [-0.1, -0.05) is 27.5 Å². The van der Waals surface area contributed by atoms with Gasteiger partial charge in [0.25, 0.3) is 0 Å². The van der Waals surface area contributed by atoms with Crippen LogP contribution in [0.3, 0.4) is 0 Å². The third-order valence-corrected chi connectivity index (χ3v) is 5.46. The number of hydrogen-bond acceptors (Lipinski definition) is 3. The summed E-state index contributed by atoms with van der Waals surface area (Å²) in [7, 11) is 0. The first-order valence-corrected chi connectivity index (χ1v) is 7.73. The Morgan fingerprint density at radius 3 is 2.56 bits per heavy atom. The van der Waals surface area contributed by atoms with Crippen molar-refractivity contribution < 1.29 is 4.79 Å². The molecule has 18 heavy (non-hydrogen) atoms. The zero-order chi connectivity index (χ0) is 13.4. The van der Waals surface area contributed by atoms with Gasteiger partial charge in [0.05, 0.1) is 13.7 Å². The van der Waals surface area contributed by atoms with E-state index in [4.69, 9.17) is 17.3 Å². The number of nitrogens with two attached hydrogens (primary N) is 1. The molecule has 1 heterocycles. The minimum Gasteiger partial charge on any atom is -0.398 e. The van der Waals surface area contributed by atoms with Crippen molar-refractivity contribution in [2.75, 3.05) is 5.73 Å². The molecule has 0 atom stereocenters. The summed E-state index contributed by atoms with van der Waals surface area (Å²) < 4.78 is 1.55. The number of anilines is 1. The van der Waals surface area contributed by atoms with Crippen LogP contribution in [-0.2, 0) is 0 Å². The lowest BCUT2D eigenvalue weighted by Crippen LogP contribution is -2.04. The Morgan fingerprint density at radius 2 is 2.00 bits per heavy atom. The molecule has 1 aromatic heterocycles. The summed E-state index contributed by atoms with van der Waals surface area (Å²) in [5.41, 5.74) is 7.82. The Bertz CT molecular complexity index is 620. The third-order valence-electron chi connectivity index (χ3n) is 2.53. The molecule has 2 aromatic rings. The van der Waals surface area contributed by atoms with E-state index in [2.05, 4.69) is 31.9 Å². The van der Waals surface area contributed by atoms with E-state index in [0.29, 0.717) is 21.2 Å². The van der Waals surface area contributed by atoms with Gasteiger partial charge in [-0.25, -0.2) is 0 Å². The Hall–Kier alpha value is -0.360. The maximum Gasteiger partial charge on any atom is 0.203 e. The van der Waals surface area contributed by atoms with Crippen LogP contribution >= 0.6 is 54.8 Å². The predicted molar refractivity (Wildman–Crippen MR) is 83.8 cm³/mol. The van der Waals surface area contributed by atoms with Crippen molar-refractivity contribution >= 4 is 66.3 Å². The predicted octanol–water partition coefficient (Wildman–Crippen LogP) is 5.05. The Morgan fingerprint density at radius 1 is 1.33 bits per heavy atom. The summed E-state index contributed by atoms with van der Waals surface area (Å²) in [6.07, 6.45) is 0. The van der Waals surface area contributed by atoms with Gasteiger partial charge in [-0.15, -0.1) is 11.3 Å². The van der Waals surface area contributed by atoms with Crippen LogP contribution in [0.4, 0.5) is 5.69 Å². The maximum absolute atomic E-state index is 12.4. The van der Waals surface area contributed by atoms with Gasteiger partial charge in [-0.3, -0.25) is 4.79 Å². The van der Waals surface area contributed by atoms with E-state index in [1.165, 1.54) is 11.3 Å². The fraction of sp³-hybridized carbons (Fsp3) is 0.0833. The van der Waals surface area contributed by atoms with Crippen molar-refractivity contribution in [2.45, 2.75) is 6.92 Å². The number of nitrogen functional groups attached to an aromatic ring is 1. The van der Waals surface area contributed by atoms with Crippen LogP contribution in [0, 0.1) is 6.92 Å². The SMILES string of the molecule is Cc1c(N)cc(Br)cc1C(=O)c1cc(Cl)c(Br)s1. The molecule has 2 nitrogen and oxygen atoms in total. The van der Waals surface area contributed by atoms with E-state index in [9.17, 15) is 4.79 Å². The fourth-order valence-electron chi connectivity index (χ4n) is 1.53. The highest BCUT2D eigenvalue weighted by Gasteiger charge is 2.17. The van der Waals surface area contributed by atoms with Gasteiger partial charge in [-0.2, -0.15) is 0 Å². The van der Waals surface area contributed by atoms with Gasteiger partial charge in [0.2, 0.25) is 5.78 Å². The lowest BCUT2D eigenvalue weighted by molar-refractivity contribution is 0.104. The number of hydrogen-bond donors (Lipinski definition) is 1. The van der Waals surface area contributed by atoms with Gasteiger partial charge < -0.3 is 5.73 Å². The van der Waals surface area contributed by atoms with Gasteiger partial charge in [0.1, 0.15) is 0 Å². The monoisotopic (exact) mass is 407 g/mol. The molecule has 0 saturated heterocycles. The summed E-state index contributed by atoms with van der Waals surface area (Å²) in [5, 5.41) is 0.545. The van der Waals surface area contributed by atoms with Crippen molar-refractivity contribution in [2.24, 2.45) is 0 Å². The molecule has 6 heteroatoms. The van der Waals surface area contributed by atoms with Crippen molar-refractivity contribution in [1.82, 2.24) is 0 Å². The van der Waals surface area contributed by atoms with Crippen molar-refractivity contribution in [3.63, 3.8) is 0 Å². The molecule has 0 aliphatic rings. The Balaban J connectivity index is 2.52. The van der Waals surface area contributed by atoms with E-state index in [1.54, 1.807) is 18.2 Å². The number of ketones is 1. The van der Waals surface area contributed by atoms with Crippen LogP contribution in [0.5, 0.6) is 0 Å². The second-order valence-corrected chi connectivity index (χ2v) is 7.42. The zero-order valence-electron chi connectivity index (χ0n) is 9.26. The minimum atomic E-state index is -0.0712. The first kappa shape index (κ1) is 14.1. The molecule has 0 aliphatic carbocycles. The number of carbonyl (C=O) groups excluding carboxylic acids is 1. The van der Waals surface area contributed by atoms with Crippen LogP contribution in [0.15, 0.2) is 26.5 Å². The molecular formula is C12H8Br2ClNOS. The smallest absolute Gasteiger partial charge is 0.203 e. The maximum atomic E-state index is 12.4. The number of carbonyl (C=O) groups is 1. The minimum absolute atomic E-state index is 0.0712. The van der Waals surface area contributed by atoms with Crippen molar-refractivity contribution in [3.8, 4) is 0 Å². The average molecular weight is 410 g/mol. The molecular weight excluding hydrogens is 401 g/mol. The quantitative estimate of drug-likeness (QED) is 0.557. The van der Waals surface area contributed by atoms with Gasteiger partial charge in [-0.05, 0) is 46.6 Å². The standard InChI is InChI=1S/C12H8Br2ClNOS/c1-5-7(2-6(13)3-9(5)16)11(17)10-4-8(15)12(14)18-10/h2-4H,16H2,1H3. The third kappa shape index (κ3) is 2.64. The number of thiophene rings is 1. The second-order valence-electron chi connectivity index (χ2n) is 3.73. The van der Waals surface area contributed by atoms with Crippen LogP contribution in [0.25, 0.3) is 0 Å². The molecule has 0 aliphatic heterocycles. The van der Waals surface area contributed by atoms with E-state index in [-0.39, 0.29) is 5.78 Å². The Labute approximate surface area is 130 Å². The summed E-state index contributed by atoms with van der Waals surface area (Å²) in [6.45, 7) is 1.83. The molecule has 0 spiro atoms. The molecule has 0 saturated carbocycles. The van der Waals surface area contributed by atoms with E-state index >= 15 is 0 Å². The van der Waals surface area contributed by atoms with Crippen molar-refractivity contribution in [1.29, 1.82) is 0 Å². The van der Waals surface area contributed by atoms with Crippen LogP contribution < -0.4 is 5.73 Å². The largest absolute Gasteiger partial charge is 0.398 e. The van der Waals surface area contributed by atoms with E-state index in [1.807, 2.05) is 6.92 Å². The molecule has 2 N–H and O–H groups in total. The normalized spacial score (nSPS) is 10.7. The zero-order valence-corrected chi connectivity index (χ0v) is 14.0. The molecule has 0 unspecified atom stereocenters. The van der Waals surface area contributed by atoms with Crippen LogP contribution in [-0.4, -0.2) is 5.78 Å². The summed E-state index contributed by atoms with van der Waals surface area (Å²) >= 11 is 13.9. The van der Waals surface area contributed by atoms with Crippen LogP contribution in [0.2, 0.25) is 5.02 Å². The van der Waals surface area contributed by atoms with Crippen molar-refractivity contribution in [3.05, 3.63) is 47.5 Å². The molecule has 0 amide bonds. The summed E-state index contributed by atoms with van der Waals surface area (Å²) in [4.78, 5) is 13.0. The lowest BCUT2D eigenvalue weighted by Gasteiger charge is -2.07. The van der Waals surface area contributed by atoms with Gasteiger partial charge in [0, 0.05) is 15.7 Å².